The number of piperazine rings is 1. The van der Waals surface area contributed by atoms with E-state index in [1.54, 1.807) is 0 Å². The van der Waals surface area contributed by atoms with Gasteiger partial charge in [0.15, 0.2) is 0 Å². The molecule has 0 atom stereocenters. The molecule has 1 aliphatic heterocycles. The maximum absolute atomic E-state index is 12.3. The van der Waals surface area contributed by atoms with E-state index in [-0.39, 0.29) is 5.91 Å². The number of carbonyl (C=O) groups excluding carboxylic acids is 1. The van der Waals surface area contributed by atoms with Crippen LogP contribution >= 0.6 is 0 Å². The number of benzene rings is 1. The molecule has 1 aromatic heterocycles. The van der Waals surface area contributed by atoms with Crippen molar-refractivity contribution < 1.29 is 4.79 Å². The molecular formula is C17H22N4O. The summed E-state index contributed by atoms with van der Waals surface area (Å²) in [7, 11) is 1.93. The summed E-state index contributed by atoms with van der Waals surface area (Å²) in [5, 5.41) is 4.20. The lowest BCUT2D eigenvalue weighted by Crippen LogP contribution is -2.48. The molecule has 22 heavy (non-hydrogen) atoms. The highest BCUT2D eigenvalue weighted by Gasteiger charge is 2.21. The Morgan fingerprint density at radius 2 is 1.82 bits per heavy atom. The topological polar surface area (TPSA) is 41.4 Å². The zero-order valence-electron chi connectivity index (χ0n) is 13.0. The zero-order valence-corrected chi connectivity index (χ0v) is 13.0. The molecule has 0 spiro atoms. The Balaban J connectivity index is 1.48. The smallest absolute Gasteiger partial charge is 0.227 e. The second kappa shape index (κ2) is 6.75. The van der Waals surface area contributed by atoms with E-state index in [1.165, 1.54) is 5.56 Å². The molecule has 0 N–H and O–H groups in total. The van der Waals surface area contributed by atoms with E-state index in [0.717, 1.165) is 38.3 Å². The number of aryl methyl sites for hydroxylation is 1. The van der Waals surface area contributed by atoms with Crippen molar-refractivity contribution in [3.8, 4) is 0 Å². The molecule has 2 aromatic rings. The summed E-state index contributed by atoms with van der Waals surface area (Å²) in [6.07, 6.45) is 4.46. The van der Waals surface area contributed by atoms with Gasteiger partial charge >= 0.3 is 0 Å². The predicted octanol–water partition coefficient (Wildman–Crippen LogP) is 1.31. The summed E-state index contributed by atoms with van der Waals surface area (Å²) < 4.78 is 1.83. The third-order valence-electron chi connectivity index (χ3n) is 4.09. The molecule has 5 heteroatoms. The summed E-state index contributed by atoms with van der Waals surface area (Å²) in [4.78, 5) is 16.7. The van der Waals surface area contributed by atoms with Crippen LogP contribution in [0.15, 0.2) is 42.7 Å². The third kappa shape index (κ3) is 3.74. The first-order valence-corrected chi connectivity index (χ1v) is 7.72. The third-order valence-corrected chi connectivity index (χ3v) is 4.09. The molecule has 1 aromatic carbocycles. The molecule has 0 unspecified atom stereocenters. The summed E-state index contributed by atoms with van der Waals surface area (Å²) in [6.45, 7) is 4.39. The molecule has 3 rings (SSSR count). The van der Waals surface area contributed by atoms with E-state index in [4.69, 9.17) is 0 Å². The van der Waals surface area contributed by atoms with Crippen LogP contribution in [0.4, 0.5) is 0 Å². The van der Waals surface area contributed by atoms with Gasteiger partial charge in [-0.2, -0.15) is 5.10 Å². The van der Waals surface area contributed by atoms with Crippen molar-refractivity contribution in [1.29, 1.82) is 0 Å². The zero-order chi connectivity index (χ0) is 15.4. The van der Waals surface area contributed by atoms with E-state index >= 15 is 0 Å². The fourth-order valence-electron chi connectivity index (χ4n) is 2.85. The van der Waals surface area contributed by atoms with Crippen LogP contribution in [0.5, 0.6) is 0 Å². The largest absolute Gasteiger partial charge is 0.340 e. The molecule has 1 saturated heterocycles. The molecule has 0 radical (unpaired) electrons. The van der Waals surface area contributed by atoms with Gasteiger partial charge in [-0.25, -0.2) is 0 Å². The lowest BCUT2D eigenvalue weighted by molar-refractivity contribution is -0.132. The molecule has 1 amide bonds. The molecule has 1 fully saturated rings. The minimum atomic E-state index is 0.229. The van der Waals surface area contributed by atoms with E-state index in [9.17, 15) is 4.79 Å². The van der Waals surface area contributed by atoms with Crippen molar-refractivity contribution in [3.63, 3.8) is 0 Å². The summed E-state index contributed by atoms with van der Waals surface area (Å²) in [6, 6.07) is 9.96. The van der Waals surface area contributed by atoms with Gasteiger partial charge in [0.05, 0.1) is 12.6 Å². The normalized spacial score (nSPS) is 16.0. The van der Waals surface area contributed by atoms with Gasteiger partial charge in [0.25, 0.3) is 0 Å². The highest BCUT2D eigenvalue weighted by atomic mass is 16.2. The Morgan fingerprint density at radius 3 is 2.45 bits per heavy atom. The fraction of sp³-hybridized carbons (Fsp3) is 0.412. The predicted molar refractivity (Wildman–Crippen MR) is 85.2 cm³/mol. The average Bonchev–Trinajstić information content (AvgIpc) is 2.94. The van der Waals surface area contributed by atoms with Crippen LogP contribution in [0.2, 0.25) is 0 Å². The van der Waals surface area contributed by atoms with Crippen molar-refractivity contribution in [2.45, 2.75) is 13.0 Å². The highest BCUT2D eigenvalue weighted by molar-refractivity contribution is 5.78. The fourth-order valence-corrected chi connectivity index (χ4v) is 2.85. The second-order valence-electron chi connectivity index (χ2n) is 5.84. The number of nitrogens with zero attached hydrogens (tertiary/aromatic N) is 4. The average molecular weight is 298 g/mol. The Morgan fingerprint density at radius 1 is 1.09 bits per heavy atom. The summed E-state index contributed by atoms with van der Waals surface area (Å²) >= 11 is 0. The molecule has 1 aliphatic rings. The van der Waals surface area contributed by atoms with Crippen molar-refractivity contribution in [3.05, 3.63) is 53.9 Å². The van der Waals surface area contributed by atoms with Crippen LogP contribution in [0.25, 0.3) is 0 Å². The Kier molecular flexibility index (Phi) is 4.53. The second-order valence-corrected chi connectivity index (χ2v) is 5.84. The number of rotatable bonds is 4. The number of hydrogen-bond acceptors (Lipinski definition) is 3. The van der Waals surface area contributed by atoms with E-state index in [2.05, 4.69) is 10.00 Å². The van der Waals surface area contributed by atoms with Crippen LogP contribution < -0.4 is 0 Å². The van der Waals surface area contributed by atoms with Crippen LogP contribution in [-0.4, -0.2) is 51.7 Å². The Hall–Kier alpha value is -2.14. The Bertz CT molecular complexity index is 615. The molecule has 116 valence electrons. The molecule has 5 nitrogen and oxygen atoms in total. The van der Waals surface area contributed by atoms with E-state index in [1.807, 2.05) is 59.4 Å². The first-order valence-electron chi connectivity index (χ1n) is 7.72. The molecular weight excluding hydrogens is 276 g/mol. The molecule has 0 saturated carbocycles. The van der Waals surface area contributed by atoms with Crippen LogP contribution in [0.3, 0.4) is 0 Å². The van der Waals surface area contributed by atoms with Crippen LogP contribution in [0.1, 0.15) is 11.1 Å². The minimum absolute atomic E-state index is 0.229. The van der Waals surface area contributed by atoms with Gasteiger partial charge in [0, 0.05) is 51.5 Å². The van der Waals surface area contributed by atoms with Crippen molar-refractivity contribution >= 4 is 5.91 Å². The quantitative estimate of drug-likeness (QED) is 0.854. The number of carbonyl (C=O) groups is 1. The molecule has 0 aliphatic carbocycles. The van der Waals surface area contributed by atoms with Gasteiger partial charge in [-0.05, 0) is 5.56 Å². The van der Waals surface area contributed by atoms with E-state index in [0.29, 0.717) is 6.42 Å². The van der Waals surface area contributed by atoms with Crippen molar-refractivity contribution in [2.24, 2.45) is 7.05 Å². The minimum Gasteiger partial charge on any atom is -0.340 e. The number of amides is 1. The van der Waals surface area contributed by atoms with Gasteiger partial charge in [-0.15, -0.1) is 0 Å². The van der Waals surface area contributed by atoms with Gasteiger partial charge < -0.3 is 4.90 Å². The van der Waals surface area contributed by atoms with Crippen LogP contribution in [-0.2, 0) is 24.8 Å². The Labute approximate surface area is 131 Å². The molecule has 2 heterocycles. The van der Waals surface area contributed by atoms with Crippen LogP contribution in [0, 0.1) is 0 Å². The van der Waals surface area contributed by atoms with Gasteiger partial charge in [-0.1, -0.05) is 30.3 Å². The lowest BCUT2D eigenvalue weighted by atomic mass is 10.1. The first kappa shape index (κ1) is 14.8. The van der Waals surface area contributed by atoms with E-state index < -0.39 is 0 Å². The maximum Gasteiger partial charge on any atom is 0.227 e. The first-order chi connectivity index (χ1) is 10.7. The number of aromatic nitrogens is 2. The summed E-state index contributed by atoms with van der Waals surface area (Å²) in [5.41, 5.74) is 2.32. The number of hydrogen-bond donors (Lipinski definition) is 0. The summed E-state index contributed by atoms with van der Waals surface area (Å²) in [5.74, 6) is 0.229. The molecule has 0 bridgehead atoms. The highest BCUT2D eigenvalue weighted by Crippen LogP contribution is 2.10. The maximum atomic E-state index is 12.3. The lowest BCUT2D eigenvalue weighted by Gasteiger charge is -2.34. The van der Waals surface area contributed by atoms with Crippen molar-refractivity contribution in [2.75, 3.05) is 26.2 Å². The van der Waals surface area contributed by atoms with Crippen molar-refractivity contribution in [1.82, 2.24) is 19.6 Å². The van der Waals surface area contributed by atoms with Gasteiger partial charge in [0.1, 0.15) is 0 Å². The standard InChI is InChI=1S/C17H22N4O/c1-19-13-16(12-18-19)14-20-7-9-21(10-8-20)17(22)11-15-5-3-2-4-6-15/h2-6,12-13H,7-11,14H2,1H3. The van der Waals surface area contributed by atoms with Gasteiger partial charge in [0.2, 0.25) is 5.91 Å². The monoisotopic (exact) mass is 298 g/mol. The SMILES string of the molecule is Cn1cc(CN2CCN(C(=O)Cc3ccccc3)CC2)cn1. The van der Waals surface area contributed by atoms with Gasteiger partial charge in [-0.3, -0.25) is 14.4 Å².